The highest BCUT2D eigenvalue weighted by Gasteiger charge is 2.13. The Morgan fingerprint density at radius 1 is 1.10 bits per heavy atom. The predicted molar refractivity (Wildman–Crippen MR) is 78.6 cm³/mol. The van der Waals surface area contributed by atoms with Gasteiger partial charge in [-0.2, -0.15) is 0 Å². The number of hydrogen-bond donors (Lipinski definition) is 1. The van der Waals surface area contributed by atoms with E-state index in [-0.39, 0.29) is 5.82 Å². The van der Waals surface area contributed by atoms with Gasteiger partial charge in [-0.15, -0.1) is 0 Å². The van der Waals surface area contributed by atoms with Gasteiger partial charge in [-0.25, -0.2) is 4.39 Å². The van der Waals surface area contributed by atoms with Gasteiger partial charge in [0, 0.05) is 9.79 Å². The molecule has 1 atom stereocenters. The molecule has 110 valence electrons. The molecule has 0 aromatic heterocycles. The van der Waals surface area contributed by atoms with Crippen molar-refractivity contribution in [3.63, 3.8) is 0 Å². The molecule has 2 aromatic rings. The van der Waals surface area contributed by atoms with Crippen molar-refractivity contribution in [1.82, 2.24) is 0 Å². The highest BCUT2D eigenvalue weighted by molar-refractivity contribution is 7.99. The fourth-order valence-electron chi connectivity index (χ4n) is 2.07. The molecule has 3 nitrogen and oxygen atoms in total. The molecular formula is C16H15FO3S. The minimum absolute atomic E-state index is 0.340. The Balaban J connectivity index is 1.83. The zero-order chi connectivity index (χ0) is 14.8. The summed E-state index contributed by atoms with van der Waals surface area (Å²) < 4.78 is 25.0. The second kappa shape index (κ2) is 5.95. The zero-order valence-electron chi connectivity index (χ0n) is 11.5. The summed E-state index contributed by atoms with van der Waals surface area (Å²) >= 11 is 1.32. The largest absolute Gasteiger partial charge is 0.486 e. The van der Waals surface area contributed by atoms with Crippen LogP contribution in [0.2, 0.25) is 0 Å². The average molecular weight is 306 g/mol. The van der Waals surface area contributed by atoms with E-state index >= 15 is 0 Å². The fourth-order valence-corrected chi connectivity index (χ4v) is 2.92. The molecule has 0 radical (unpaired) electrons. The van der Waals surface area contributed by atoms with Crippen LogP contribution in [0.3, 0.4) is 0 Å². The van der Waals surface area contributed by atoms with E-state index in [4.69, 9.17) is 9.47 Å². The molecule has 0 aliphatic carbocycles. The van der Waals surface area contributed by atoms with Crippen LogP contribution in [0, 0.1) is 5.82 Å². The summed E-state index contributed by atoms with van der Waals surface area (Å²) in [6.07, 6.45) is -0.673. The van der Waals surface area contributed by atoms with Gasteiger partial charge < -0.3 is 14.6 Å². The summed E-state index contributed by atoms with van der Waals surface area (Å²) in [5.41, 5.74) is 0.569. The summed E-state index contributed by atoms with van der Waals surface area (Å²) in [7, 11) is 0. The van der Waals surface area contributed by atoms with E-state index in [9.17, 15) is 9.50 Å². The summed E-state index contributed by atoms with van der Waals surface area (Å²) in [5, 5.41) is 9.46. The lowest BCUT2D eigenvalue weighted by Gasteiger charge is -2.18. The van der Waals surface area contributed by atoms with Crippen LogP contribution in [0.15, 0.2) is 46.2 Å². The molecule has 1 unspecified atom stereocenters. The predicted octanol–water partition coefficient (Wildman–Crippen LogP) is 3.80. The van der Waals surface area contributed by atoms with E-state index in [2.05, 4.69) is 0 Å². The Morgan fingerprint density at radius 2 is 1.86 bits per heavy atom. The molecule has 0 amide bonds. The van der Waals surface area contributed by atoms with Crippen molar-refractivity contribution in [3.8, 4) is 11.5 Å². The normalized spacial score (nSPS) is 14.8. The number of aliphatic hydroxyl groups excluding tert-OH is 1. The van der Waals surface area contributed by atoms with Crippen LogP contribution in [-0.2, 0) is 0 Å². The van der Waals surface area contributed by atoms with Gasteiger partial charge >= 0.3 is 0 Å². The maximum Gasteiger partial charge on any atom is 0.162 e. The zero-order valence-corrected chi connectivity index (χ0v) is 12.3. The Kier molecular flexibility index (Phi) is 4.03. The summed E-state index contributed by atoms with van der Waals surface area (Å²) in [6.45, 7) is 2.69. The molecule has 3 rings (SSSR count). The van der Waals surface area contributed by atoms with E-state index in [0.717, 1.165) is 10.6 Å². The monoisotopic (exact) mass is 306 g/mol. The smallest absolute Gasteiger partial charge is 0.162 e. The molecule has 1 heterocycles. The van der Waals surface area contributed by atoms with E-state index in [1.54, 1.807) is 19.1 Å². The number of benzene rings is 2. The molecule has 0 saturated heterocycles. The van der Waals surface area contributed by atoms with Gasteiger partial charge in [0.15, 0.2) is 11.5 Å². The lowest BCUT2D eigenvalue weighted by molar-refractivity contribution is 0.171. The maximum absolute atomic E-state index is 14.0. The first-order valence-corrected chi connectivity index (χ1v) is 7.50. The summed E-state index contributed by atoms with van der Waals surface area (Å²) in [6, 6.07) is 10.3. The van der Waals surface area contributed by atoms with E-state index < -0.39 is 6.10 Å². The van der Waals surface area contributed by atoms with Crippen LogP contribution in [0.25, 0.3) is 0 Å². The standard InChI is InChI=1S/C16H15FO3S/c1-10(18)11-2-5-16(13(17)8-11)21-12-3-4-14-15(9-12)20-7-6-19-14/h2-5,8-10,18H,6-7H2,1H3. The van der Waals surface area contributed by atoms with E-state index in [1.165, 1.54) is 17.8 Å². The molecule has 0 fully saturated rings. The quantitative estimate of drug-likeness (QED) is 0.936. The Morgan fingerprint density at radius 3 is 2.57 bits per heavy atom. The van der Waals surface area contributed by atoms with Crippen molar-refractivity contribution >= 4 is 11.8 Å². The third-order valence-electron chi connectivity index (χ3n) is 3.18. The molecule has 1 aliphatic heterocycles. The third-order valence-corrected chi connectivity index (χ3v) is 4.22. The average Bonchev–Trinajstić information content (AvgIpc) is 2.49. The summed E-state index contributed by atoms with van der Waals surface area (Å²) in [5.74, 6) is 1.07. The molecule has 1 aliphatic rings. The first-order chi connectivity index (χ1) is 10.1. The minimum atomic E-state index is -0.673. The van der Waals surface area contributed by atoms with Crippen LogP contribution in [0.1, 0.15) is 18.6 Å². The van der Waals surface area contributed by atoms with E-state index in [0.29, 0.717) is 29.4 Å². The molecule has 0 spiro atoms. The van der Waals surface area contributed by atoms with Crippen LogP contribution < -0.4 is 9.47 Å². The number of hydrogen-bond acceptors (Lipinski definition) is 4. The molecule has 0 saturated carbocycles. The second-order valence-electron chi connectivity index (χ2n) is 4.77. The Labute approximate surface area is 126 Å². The lowest BCUT2D eigenvalue weighted by atomic mass is 10.1. The fraction of sp³-hybridized carbons (Fsp3) is 0.250. The SMILES string of the molecule is CC(O)c1ccc(Sc2ccc3c(c2)OCCO3)c(F)c1. The molecule has 1 N–H and O–H groups in total. The molecule has 5 heteroatoms. The van der Waals surface area contributed by atoms with Crippen LogP contribution >= 0.6 is 11.8 Å². The Hall–Kier alpha value is -1.72. The highest BCUT2D eigenvalue weighted by atomic mass is 32.2. The van der Waals surface area contributed by atoms with Gasteiger partial charge in [-0.1, -0.05) is 17.8 Å². The van der Waals surface area contributed by atoms with Crippen molar-refractivity contribution in [2.24, 2.45) is 0 Å². The first kappa shape index (κ1) is 14.2. The molecule has 0 bridgehead atoms. The first-order valence-electron chi connectivity index (χ1n) is 6.68. The molecule has 21 heavy (non-hydrogen) atoms. The van der Waals surface area contributed by atoms with Gasteiger partial charge in [-0.3, -0.25) is 0 Å². The van der Waals surface area contributed by atoms with Gasteiger partial charge in [0.25, 0.3) is 0 Å². The molecular weight excluding hydrogens is 291 g/mol. The van der Waals surface area contributed by atoms with E-state index in [1.807, 2.05) is 18.2 Å². The van der Waals surface area contributed by atoms with Crippen LogP contribution in [0.4, 0.5) is 4.39 Å². The number of rotatable bonds is 3. The van der Waals surface area contributed by atoms with Gasteiger partial charge in [0.1, 0.15) is 19.0 Å². The highest BCUT2D eigenvalue weighted by Crippen LogP contribution is 2.37. The van der Waals surface area contributed by atoms with Crippen molar-refractivity contribution < 1.29 is 19.0 Å². The second-order valence-corrected chi connectivity index (χ2v) is 5.89. The summed E-state index contributed by atoms with van der Waals surface area (Å²) in [4.78, 5) is 1.39. The van der Waals surface area contributed by atoms with Crippen molar-refractivity contribution in [2.75, 3.05) is 13.2 Å². The minimum Gasteiger partial charge on any atom is -0.486 e. The van der Waals surface area contributed by atoms with Crippen LogP contribution in [-0.4, -0.2) is 18.3 Å². The third kappa shape index (κ3) is 3.14. The lowest BCUT2D eigenvalue weighted by Crippen LogP contribution is -2.15. The van der Waals surface area contributed by atoms with Crippen molar-refractivity contribution in [2.45, 2.75) is 22.8 Å². The van der Waals surface area contributed by atoms with Crippen molar-refractivity contribution in [3.05, 3.63) is 47.8 Å². The number of aliphatic hydroxyl groups is 1. The van der Waals surface area contributed by atoms with Gasteiger partial charge in [-0.05, 0) is 42.8 Å². The number of halogens is 1. The molecule has 2 aromatic carbocycles. The number of ether oxygens (including phenoxy) is 2. The Bertz CT molecular complexity index is 658. The maximum atomic E-state index is 14.0. The van der Waals surface area contributed by atoms with Gasteiger partial charge in [0.05, 0.1) is 6.10 Å². The topological polar surface area (TPSA) is 38.7 Å². The number of fused-ring (bicyclic) bond motifs is 1. The van der Waals surface area contributed by atoms with Gasteiger partial charge in [0.2, 0.25) is 0 Å². The van der Waals surface area contributed by atoms with Crippen LogP contribution in [0.5, 0.6) is 11.5 Å². The van der Waals surface area contributed by atoms with Crippen molar-refractivity contribution in [1.29, 1.82) is 0 Å².